The lowest BCUT2D eigenvalue weighted by Gasteiger charge is -2.21. The molecule has 0 radical (unpaired) electrons. The third-order valence-electron chi connectivity index (χ3n) is 4.05. The van der Waals surface area contributed by atoms with Crippen molar-refractivity contribution in [1.29, 1.82) is 0 Å². The van der Waals surface area contributed by atoms with Gasteiger partial charge in [0.15, 0.2) is 0 Å². The second kappa shape index (κ2) is 9.00. The summed E-state index contributed by atoms with van der Waals surface area (Å²) in [7, 11) is 3.06. The molecule has 0 aromatic rings. The molecule has 2 heterocycles. The summed E-state index contributed by atoms with van der Waals surface area (Å²) in [4.78, 5) is 27.8. The molecule has 0 aliphatic carbocycles. The van der Waals surface area contributed by atoms with Gasteiger partial charge in [-0.25, -0.2) is 0 Å². The predicted octanol–water partition coefficient (Wildman–Crippen LogP) is 0.267. The Morgan fingerprint density at radius 3 is 1.41 bits per heavy atom. The van der Waals surface area contributed by atoms with Crippen LogP contribution in [0, 0.1) is 0 Å². The van der Waals surface area contributed by atoms with E-state index in [1.54, 1.807) is 0 Å². The molecule has 0 unspecified atom stereocenters. The molecule has 2 aliphatic rings. The zero-order valence-electron chi connectivity index (χ0n) is 12.9. The predicted molar refractivity (Wildman–Crippen MR) is 92.5 cm³/mol. The first-order valence-corrected chi connectivity index (χ1v) is 10.4. The minimum absolute atomic E-state index is 0.0445. The zero-order chi connectivity index (χ0) is 15.9. The van der Waals surface area contributed by atoms with E-state index in [1.807, 2.05) is 9.80 Å². The van der Waals surface area contributed by atoms with E-state index < -0.39 is 12.1 Å². The molecular formula is C14H26N4O2S2. The number of rotatable bonds is 7. The third-order valence-corrected chi connectivity index (χ3v) is 6.52. The summed E-state index contributed by atoms with van der Waals surface area (Å²) in [6.07, 6.45) is 4.31. The van der Waals surface area contributed by atoms with Gasteiger partial charge in [0.1, 0.15) is 0 Å². The maximum Gasteiger partial charge on any atom is 0.240 e. The molecule has 2 saturated heterocycles. The third kappa shape index (κ3) is 5.04. The van der Waals surface area contributed by atoms with Crippen LogP contribution in [0.3, 0.4) is 0 Å². The van der Waals surface area contributed by atoms with Crippen LogP contribution in [0.25, 0.3) is 0 Å². The van der Waals surface area contributed by atoms with Crippen LogP contribution < -0.4 is 11.5 Å². The van der Waals surface area contributed by atoms with Crippen molar-refractivity contribution in [3.05, 3.63) is 0 Å². The van der Waals surface area contributed by atoms with Crippen molar-refractivity contribution in [2.24, 2.45) is 11.5 Å². The molecule has 2 rings (SSSR count). The summed E-state index contributed by atoms with van der Waals surface area (Å²) in [5, 5.41) is 0. The first kappa shape index (κ1) is 17.9. The standard InChI is InChI=1S/C14H26N4O2S2/c15-11(13(19)17-5-1-2-6-17)9-21-22-10-12(16)14(20)18-7-3-4-8-18/h11-12H,1-10,15-16H2/t11-,12-/m0/s1. The molecule has 2 amide bonds. The minimum Gasteiger partial charge on any atom is -0.341 e. The maximum absolute atomic E-state index is 12.0. The largest absolute Gasteiger partial charge is 0.341 e. The van der Waals surface area contributed by atoms with E-state index in [4.69, 9.17) is 11.5 Å². The average molecular weight is 347 g/mol. The van der Waals surface area contributed by atoms with E-state index in [-0.39, 0.29) is 11.8 Å². The summed E-state index contributed by atoms with van der Waals surface area (Å²) in [5.74, 6) is 1.21. The van der Waals surface area contributed by atoms with Crippen molar-refractivity contribution in [2.45, 2.75) is 37.8 Å². The van der Waals surface area contributed by atoms with Crippen LogP contribution in [0.15, 0.2) is 0 Å². The van der Waals surface area contributed by atoms with Crippen molar-refractivity contribution in [1.82, 2.24) is 9.80 Å². The number of hydrogen-bond acceptors (Lipinski definition) is 6. The second-order valence-corrected chi connectivity index (χ2v) is 8.40. The fraction of sp³-hybridized carbons (Fsp3) is 0.857. The van der Waals surface area contributed by atoms with Gasteiger partial charge in [-0.2, -0.15) is 0 Å². The van der Waals surface area contributed by atoms with Gasteiger partial charge in [-0.3, -0.25) is 9.59 Å². The van der Waals surface area contributed by atoms with Crippen LogP contribution in [-0.2, 0) is 9.59 Å². The number of likely N-dealkylation sites (tertiary alicyclic amines) is 2. The fourth-order valence-corrected chi connectivity index (χ4v) is 4.96. The summed E-state index contributed by atoms with van der Waals surface area (Å²) >= 11 is 0. The molecule has 2 atom stereocenters. The molecule has 4 N–H and O–H groups in total. The van der Waals surface area contributed by atoms with Gasteiger partial charge in [0, 0.05) is 37.7 Å². The number of carbonyl (C=O) groups is 2. The van der Waals surface area contributed by atoms with Crippen LogP contribution in [0.2, 0.25) is 0 Å². The minimum atomic E-state index is -0.457. The monoisotopic (exact) mass is 346 g/mol. The molecule has 0 bridgehead atoms. The number of nitrogens with two attached hydrogens (primary N) is 2. The summed E-state index contributed by atoms with van der Waals surface area (Å²) in [6, 6.07) is -0.915. The van der Waals surface area contributed by atoms with E-state index in [0.717, 1.165) is 51.9 Å². The Balaban J connectivity index is 1.59. The van der Waals surface area contributed by atoms with Gasteiger partial charge in [-0.05, 0) is 25.7 Å². The number of amides is 2. The topological polar surface area (TPSA) is 92.7 Å². The summed E-state index contributed by atoms with van der Waals surface area (Å²) in [6.45, 7) is 3.33. The van der Waals surface area contributed by atoms with Gasteiger partial charge in [-0.1, -0.05) is 21.6 Å². The van der Waals surface area contributed by atoms with Crippen LogP contribution in [-0.4, -0.2) is 71.4 Å². The van der Waals surface area contributed by atoms with Gasteiger partial charge in [0.2, 0.25) is 11.8 Å². The molecule has 126 valence electrons. The molecule has 8 heteroatoms. The Bertz CT molecular complexity index is 349. The van der Waals surface area contributed by atoms with Gasteiger partial charge in [-0.15, -0.1) is 0 Å². The van der Waals surface area contributed by atoms with Gasteiger partial charge in [0.25, 0.3) is 0 Å². The lowest BCUT2D eigenvalue weighted by Crippen LogP contribution is -2.44. The van der Waals surface area contributed by atoms with E-state index in [2.05, 4.69) is 0 Å². The molecule has 0 aromatic heterocycles. The Hall–Kier alpha value is -0.440. The quantitative estimate of drug-likeness (QED) is 0.508. The lowest BCUT2D eigenvalue weighted by molar-refractivity contribution is -0.131. The van der Waals surface area contributed by atoms with Crippen molar-refractivity contribution in [3.8, 4) is 0 Å². The van der Waals surface area contributed by atoms with Crippen LogP contribution in [0.5, 0.6) is 0 Å². The van der Waals surface area contributed by atoms with E-state index in [1.165, 1.54) is 21.6 Å². The Morgan fingerprint density at radius 1 is 0.773 bits per heavy atom. The van der Waals surface area contributed by atoms with Crippen molar-refractivity contribution in [3.63, 3.8) is 0 Å². The first-order chi connectivity index (χ1) is 10.6. The molecule has 6 nitrogen and oxygen atoms in total. The van der Waals surface area contributed by atoms with Crippen LogP contribution >= 0.6 is 21.6 Å². The first-order valence-electron chi connectivity index (χ1n) is 7.92. The number of nitrogens with zero attached hydrogens (tertiary/aromatic N) is 2. The highest BCUT2D eigenvalue weighted by Gasteiger charge is 2.25. The average Bonchev–Trinajstić information content (AvgIpc) is 3.22. The van der Waals surface area contributed by atoms with Gasteiger partial charge < -0.3 is 21.3 Å². The normalized spacial score (nSPS) is 21.2. The maximum atomic E-state index is 12.0. The van der Waals surface area contributed by atoms with Crippen molar-refractivity contribution < 1.29 is 9.59 Å². The van der Waals surface area contributed by atoms with Crippen molar-refractivity contribution in [2.75, 3.05) is 37.7 Å². The molecule has 0 aromatic carbocycles. The fourth-order valence-electron chi connectivity index (χ4n) is 2.73. The smallest absolute Gasteiger partial charge is 0.240 e. The number of carbonyl (C=O) groups excluding carboxylic acids is 2. The molecular weight excluding hydrogens is 320 g/mol. The highest BCUT2D eigenvalue weighted by Crippen LogP contribution is 2.23. The van der Waals surface area contributed by atoms with E-state index >= 15 is 0 Å². The molecule has 0 spiro atoms. The van der Waals surface area contributed by atoms with Crippen LogP contribution in [0.1, 0.15) is 25.7 Å². The SMILES string of the molecule is N[C@@H](CSSC[C@H](N)C(=O)N1CCCC1)C(=O)N1CCCC1. The van der Waals surface area contributed by atoms with E-state index in [0.29, 0.717) is 11.5 Å². The lowest BCUT2D eigenvalue weighted by atomic mass is 10.3. The van der Waals surface area contributed by atoms with E-state index in [9.17, 15) is 9.59 Å². The summed E-state index contributed by atoms with van der Waals surface area (Å²) in [5.41, 5.74) is 11.9. The van der Waals surface area contributed by atoms with Crippen molar-refractivity contribution >= 4 is 33.4 Å². The summed E-state index contributed by atoms with van der Waals surface area (Å²) < 4.78 is 0. The highest BCUT2D eigenvalue weighted by molar-refractivity contribution is 8.76. The Kier molecular flexibility index (Phi) is 7.33. The molecule has 0 saturated carbocycles. The van der Waals surface area contributed by atoms with Crippen LogP contribution in [0.4, 0.5) is 0 Å². The molecule has 2 aliphatic heterocycles. The zero-order valence-corrected chi connectivity index (χ0v) is 14.5. The molecule has 22 heavy (non-hydrogen) atoms. The Morgan fingerprint density at radius 2 is 1.09 bits per heavy atom. The number of hydrogen-bond donors (Lipinski definition) is 2. The Labute approximate surface area is 140 Å². The van der Waals surface area contributed by atoms with Gasteiger partial charge >= 0.3 is 0 Å². The highest BCUT2D eigenvalue weighted by atomic mass is 33.1. The molecule has 2 fully saturated rings. The van der Waals surface area contributed by atoms with Gasteiger partial charge in [0.05, 0.1) is 12.1 Å². The second-order valence-electron chi connectivity index (χ2n) is 5.85.